The summed E-state index contributed by atoms with van der Waals surface area (Å²) in [4.78, 5) is 18.4. The number of aromatic nitrogens is 3. The van der Waals surface area contributed by atoms with Crippen LogP contribution in [0.5, 0.6) is 0 Å². The van der Waals surface area contributed by atoms with Crippen LogP contribution in [0, 0.1) is 0 Å². The van der Waals surface area contributed by atoms with Crippen molar-refractivity contribution in [3.05, 3.63) is 48.5 Å². The minimum atomic E-state index is 0.956. The van der Waals surface area contributed by atoms with Crippen molar-refractivity contribution in [2.45, 2.75) is 6.54 Å². The van der Waals surface area contributed by atoms with E-state index >= 15 is 0 Å². The van der Waals surface area contributed by atoms with Gasteiger partial charge < -0.3 is 9.88 Å². The van der Waals surface area contributed by atoms with Crippen LogP contribution in [0.1, 0.15) is 5.56 Å². The fraction of sp³-hybridized carbons (Fsp3) is 0.300. The number of nitrogens with zero attached hydrogens (tertiary/aromatic N) is 4. The minimum Gasteiger partial charge on any atom is -0.345 e. The number of hydrogen-bond donors (Lipinski definition) is 1. The van der Waals surface area contributed by atoms with Crippen molar-refractivity contribution in [1.82, 2.24) is 24.8 Å². The normalized spacial score (nSPS) is 16.7. The van der Waals surface area contributed by atoms with E-state index in [0.29, 0.717) is 0 Å². The van der Waals surface area contributed by atoms with Crippen molar-refractivity contribution >= 4 is 32.5 Å². The lowest BCUT2D eigenvalue weighted by Gasteiger charge is -2.32. The third-order valence-corrected chi connectivity index (χ3v) is 6.30. The molecule has 1 fully saturated rings. The SMILES string of the molecule is CN1CCN(Cc2cnc3[nH]cc(-c4cc5ccncc5s4)c3c2)CC1. The zero-order valence-corrected chi connectivity index (χ0v) is 15.6. The van der Waals surface area contributed by atoms with Gasteiger partial charge in [0.2, 0.25) is 0 Å². The summed E-state index contributed by atoms with van der Waals surface area (Å²) in [6, 6.07) is 6.62. The number of nitrogens with one attached hydrogen (secondary N) is 1. The predicted octanol–water partition coefficient (Wildman–Crippen LogP) is 3.59. The smallest absolute Gasteiger partial charge is 0.137 e. The number of thiophene rings is 1. The number of fused-ring (bicyclic) bond motifs is 2. The third kappa shape index (κ3) is 2.90. The van der Waals surface area contributed by atoms with Gasteiger partial charge in [-0.25, -0.2) is 4.98 Å². The highest BCUT2D eigenvalue weighted by atomic mass is 32.1. The first-order valence-electron chi connectivity index (χ1n) is 8.97. The van der Waals surface area contributed by atoms with Crippen molar-refractivity contribution < 1.29 is 0 Å². The Morgan fingerprint density at radius 3 is 2.88 bits per heavy atom. The van der Waals surface area contributed by atoms with E-state index < -0.39 is 0 Å². The van der Waals surface area contributed by atoms with Crippen LogP contribution in [0.4, 0.5) is 0 Å². The van der Waals surface area contributed by atoms with Gasteiger partial charge >= 0.3 is 0 Å². The molecule has 0 spiro atoms. The highest BCUT2D eigenvalue weighted by molar-refractivity contribution is 7.22. The second-order valence-corrected chi connectivity index (χ2v) is 8.13. The number of aromatic amines is 1. The summed E-state index contributed by atoms with van der Waals surface area (Å²) in [5.41, 5.74) is 3.47. The lowest BCUT2D eigenvalue weighted by Crippen LogP contribution is -2.43. The molecule has 5 heterocycles. The van der Waals surface area contributed by atoms with Crippen LogP contribution in [0.25, 0.3) is 31.6 Å². The minimum absolute atomic E-state index is 0.956. The zero-order valence-electron chi connectivity index (χ0n) is 14.8. The van der Waals surface area contributed by atoms with E-state index in [-0.39, 0.29) is 0 Å². The Bertz CT molecular complexity index is 1030. The van der Waals surface area contributed by atoms with Crippen molar-refractivity contribution in [2.75, 3.05) is 33.2 Å². The van der Waals surface area contributed by atoms with E-state index in [1.807, 2.05) is 18.6 Å². The monoisotopic (exact) mass is 363 g/mol. The largest absolute Gasteiger partial charge is 0.345 e. The number of piperazine rings is 1. The van der Waals surface area contributed by atoms with Gasteiger partial charge in [0, 0.05) is 73.3 Å². The molecule has 1 N–H and O–H groups in total. The molecule has 0 amide bonds. The van der Waals surface area contributed by atoms with E-state index in [0.717, 1.165) is 38.4 Å². The Balaban J connectivity index is 1.49. The van der Waals surface area contributed by atoms with E-state index in [4.69, 9.17) is 0 Å². The molecule has 1 aliphatic rings. The molecule has 132 valence electrons. The molecule has 4 aromatic rings. The van der Waals surface area contributed by atoms with Gasteiger partial charge in [-0.05, 0) is 36.2 Å². The van der Waals surface area contributed by atoms with E-state index in [2.05, 4.69) is 56.2 Å². The Labute approximate surface area is 156 Å². The average molecular weight is 363 g/mol. The van der Waals surface area contributed by atoms with Crippen LogP contribution in [-0.2, 0) is 6.54 Å². The molecule has 0 bridgehead atoms. The topological polar surface area (TPSA) is 48.0 Å². The van der Waals surface area contributed by atoms with Crippen LogP contribution in [0.3, 0.4) is 0 Å². The first kappa shape index (κ1) is 15.9. The molecule has 1 saturated heterocycles. The third-order valence-electron chi connectivity index (χ3n) is 5.18. The summed E-state index contributed by atoms with van der Waals surface area (Å²) in [6.45, 7) is 5.50. The molecule has 6 heteroatoms. The molecule has 5 nitrogen and oxygen atoms in total. The molecule has 0 aliphatic carbocycles. The first-order chi connectivity index (χ1) is 12.8. The number of rotatable bonds is 3. The first-order valence-corrected chi connectivity index (χ1v) is 9.79. The number of pyridine rings is 2. The van der Waals surface area contributed by atoms with Gasteiger partial charge in [-0.2, -0.15) is 0 Å². The highest BCUT2D eigenvalue weighted by Crippen LogP contribution is 2.36. The number of likely N-dealkylation sites (N-methyl/N-ethyl adjacent to an activating group) is 1. The summed E-state index contributed by atoms with van der Waals surface area (Å²) in [7, 11) is 2.19. The molecule has 0 aromatic carbocycles. The summed E-state index contributed by atoms with van der Waals surface area (Å²) in [5.74, 6) is 0. The molecule has 5 rings (SSSR count). The molecule has 0 radical (unpaired) electrons. The summed E-state index contributed by atoms with van der Waals surface area (Å²) >= 11 is 1.79. The Morgan fingerprint density at radius 2 is 2.04 bits per heavy atom. The zero-order chi connectivity index (χ0) is 17.5. The van der Waals surface area contributed by atoms with Crippen molar-refractivity contribution in [1.29, 1.82) is 0 Å². The van der Waals surface area contributed by atoms with E-state index in [9.17, 15) is 0 Å². The lowest BCUT2D eigenvalue weighted by atomic mass is 10.1. The highest BCUT2D eigenvalue weighted by Gasteiger charge is 2.16. The van der Waals surface area contributed by atoms with Gasteiger partial charge in [0.05, 0.1) is 4.70 Å². The predicted molar refractivity (Wildman–Crippen MR) is 107 cm³/mol. The number of hydrogen-bond acceptors (Lipinski definition) is 5. The molecule has 26 heavy (non-hydrogen) atoms. The second-order valence-electron chi connectivity index (χ2n) is 7.05. The van der Waals surface area contributed by atoms with Gasteiger partial charge in [0.1, 0.15) is 5.65 Å². The van der Waals surface area contributed by atoms with Gasteiger partial charge in [-0.3, -0.25) is 9.88 Å². The number of H-pyrrole nitrogens is 1. The molecule has 1 aliphatic heterocycles. The van der Waals surface area contributed by atoms with Gasteiger partial charge in [0.15, 0.2) is 0 Å². The molecule has 4 aromatic heterocycles. The van der Waals surface area contributed by atoms with Crippen LogP contribution >= 0.6 is 11.3 Å². The second kappa shape index (κ2) is 6.46. The maximum absolute atomic E-state index is 4.66. The van der Waals surface area contributed by atoms with Crippen molar-refractivity contribution in [2.24, 2.45) is 0 Å². The Morgan fingerprint density at radius 1 is 1.15 bits per heavy atom. The van der Waals surface area contributed by atoms with E-state index in [1.165, 1.54) is 31.5 Å². The molecule has 0 saturated carbocycles. The summed E-state index contributed by atoms with van der Waals surface area (Å²) in [5, 5.41) is 2.45. The van der Waals surface area contributed by atoms with Gasteiger partial charge in [0.25, 0.3) is 0 Å². The van der Waals surface area contributed by atoms with Gasteiger partial charge in [-0.15, -0.1) is 11.3 Å². The van der Waals surface area contributed by atoms with Crippen LogP contribution < -0.4 is 0 Å². The molecular formula is C20H21N5S. The standard InChI is InChI=1S/C20H21N5S/c1-24-4-6-25(7-5-24)13-14-8-16-17(11-23-20(16)22-10-14)18-9-15-2-3-21-12-19(15)26-18/h2-3,8-12H,4-7,13H2,1H3,(H,22,23). The van der Waals surface area contributed by atoms with Gasteiger partial charge in [-0.1, -0.05) is 0 Å². The molecule has 0 unspecified atom stereocenters. The maximum Gasteiger partial charge on any atom is 0.137 e. The lowest BCUT2D eigenvalue weighted by molar-refractivity contribution is 0.148. The molecular weight excluding hydrogens is 342 g/mol. The fourth-order valence-electron chi connectivity index (χ4n) is 3.62. The van der Waals surface area contributed by atoms with Crippen LogP contribution in [0.2, 0.25) is 0 Å². The fourth-order valence-corrected chi connectivity index (χ4v) is 4.68. The van der Waals surface area contributed by atoms with Crippen LogP contribution in [0.15, 0.2) is 43.0 Å². The Hall–Kier alpha value is -2.28. The average Bonchev–Trinajstić information content (AvgIpc) is 3.26. The Kier molecular flexibility index (Phi) is 3.96. The maximum atomic E-state index is 4.66. The van der Waals surface area contributed by atoms with Crippen molar-refractivity contribution in [3.8, 4) is 10.4 Å². The molecule has 0 atom stereocenters. The van der Waals surface area contributed by atoms with E-state index in [1.54, 1.807) is 11.3 Å². The quantitative estimate of drug-likeness (QED) is 0.604. The van der Waals surface area contributed by atoms with Crippen LogP contribution in [-0.4, -0.2) is 58.0 Å². The summed E-state index contributed by atoms with van der Waals surface area (Å²) in [6.07, 6.45) is 7.88. The summed E-state index contributed by atoms with van der Waals surface area (Å²) < 4.78 is 1.22. The van der Waals surface area contributed by atoms with Crippen molar-refractivity contribution in [3.63, 3.8) is 0 Å².